The molecule has 1 heterocycles. The van der Waals surface area contributed by atoms with Gasteiger partial charge in [-0.05, 0) is 24.3 Å². The monoisotopic (exact) mass is 283 g/mol. The number of amides is 1. The minimum atomic E-state index is -0.546. The Hall–Kier alpha value is -1.85. The van der Waals surface area contributed by atoms with Crippen molar-refractivity contribution in [1.29, 1.82) is 0 Å². The van der Waals surface area contributed by atoms with Crippen molar-refractivity contribution in [2.45, 2.75) is 0 Å². The summed E-state index contributed by atoms with van der Waals surface area (Å²) in [6.07, 6.45) is 1.29. The second-order valence-electron chi connectivity index (χ2n) is 3.37. The first kappa shape index (κ1) is 12.6. The Balaban J connectivity index is 2.25. The molecule has 0 aliphatic heterocycles. The molecule has 2 rings (SSSR count). The molecule has 2 N–H and O–H groups in total. The number of rotatable bonds is 2. The summed E-state index contributed by atoms with van der Waals surface area (Å²) in [5, 5.41) is 3.17. The van der Waals surface area contributed by atoms with Gasteiger partial charge in [0.15, 0.2) is 0 Å². The summed E-state index contributed by atoms with van der Waals surface area (Å²) in [4.78, 5) is 28.6. The van der Waals surface area contributed by atoms with E-state index < -0.39 is 11.6 Å². The van der Waals surface area contributed by atoms with Crippen LogP contribution in [0.25, 0.3) is 0 Å². The maximum Gasteiger partial charge on any atom is 0.346 e. The standard InChI is InChI=1S/C11H7Cl2N3O2/c12-6-1-2-7(8(13)5-6)10(17)15-9-3-4-14-11(18)16-9/h1-5H,(H2,14,15,16,17,18). The molecule has 1 aromatic heterocycles. The molecule has 18 heavy (non-hydrogen) atoms. The van der Waals surface area contributed by atoms with Crippen LogP contribution in [0.1, 0.15) is 10.4 Å². The zero-order chi connectivity index (χ0) is 13.1. The third kappa shape index (κ3) is 2.88. The molecule has 0 aliphatic rings. The van der Waals surface area contributed by atoms with Crippen molar-refractivity contribution in [3.63, 3.8) is 0 Å². The van der Waals surface area contributed by atoms with Crippen LogP contribution in [-0.2, 0) is 0 Å². The molecule has 2 aromatic rings. The van der Waals surface area contributed by atoms with Crippen LogP contribution in [0, 0.1) is 0 Å². The van der Waals surface area contributed by atoms with E-state index >= 15 is 0 Å². The van der Waals surface area contributed by atoms with Crippen LogP contribution in [0.3, 0.4) is 0 Å². The lowest BCUT2D eigenvalue weighted by Crippen LogP contribution is -2.17. The van der Waals surface area contributed by atoms with Crippen molar-refractivity contribution in [3.8, 4) is 0 Å². The average Bonchev–Trinajstić information content (AvgIpc) is 2.28. The minimum absolute atomic E-state index is 0.233. The van der Waals surface area contributed by atoms with Gasteiger partial charge in [0, 0.05) is 11.2 Å². The van der Waals surface area contributed by atoms with Gasteiger partial charge < -0.3 is 5.32 Å². The van der Waals surface area contributed by atoms with Gasteiger partial charge in [0.25, 0.3) is 5.91 Å². The molecule has 0 spiro atoms. The lowest BCUT2D eigenvalue weighted by Gasteiger charge is -2.06. The summed E-state index contributed by atoms with van der Waals surface area (Å²) in [6.45, 7) is 0. The lowest BCUT2D eigenvalue weighted by atomic mass is 10.2. The lowest BCUT2D eigenvalue weighted by molar-refractivity contribution is 0.102. The number of halogens is 2. The molecule has 0 saturated carbocycles. The van der Waals surface area contributed by atoms with Gasteiger partial charge in [-0.2, -0.15) is 0 Å². The number of aromatic nitrogens is 2. The molecule has 0 fully saturated rings. The molecule has 0 aliphatic carbocycles. The first-order chi connectivity index (χ1) is 8.56. The van der Waals surface area contributed by atoms with Gasteiger partial charge in [-0.3, -0.25) is 9.78 Å². The number of benzene rings is 1. The summed E-state index contributed by atoms with van der Waals surface area (Å²) >= 11 is 11.6. The molecular formula is C11H7Cl2N3O2. The Bertz CT molecular complexity index is 655. The van der Waals surface area contributed by atoms with Crippen molar-refractivity contribution >= 4 is 34.9 Å². The predicted octanol–water partition coefficient (Wildman–Crippen LogP) is 2.33. The summed E-state index contributed by atoms with van der Waals surface area (Å²) < 4.78 is 0. The van der Waals surface area contributed by atoms with Gasteiger partial charge in [0.2, 0.25) is 0 Å². The van der Waals surface area contributed by atoms with Crippen molar-refractivity contribution in [1.82, 2.24) is 9.97 Å². The second-order valence-corrected chi connectivity index (χ2v) is 4.21. The number of hydrogen-bond donors (Lipinski definition) is 2. The number of aromatic amines is 1. The Morgan fingerprint density at radius 1 is 1.28 bits per heavy atom. The van der Waals surface area contributed by atoms with E-state index in [4.69, 9.17) is 23.2 Å². The second kappa shape index (κ2) is 5.20. The summed E-state index contributed by atoms with van der Waals surface area (Å²) in [7, 11) is 0. The van der Waals surface area contributed by atoms with Crippen LogP contribution in [0.5, 0.6) is 0 Å². The molecule has 5 nitrogen and oxygen atoms in total. The Kier molecular flexibility index (Phi) is 3.64. The number of nitrogens with one attached hydrogen (secondary N) is 2. The zero-order valence-electron chi connectivity index (χ0n) is 8.91. The molecule has 92 valence electrons. The largest absolute Gasteiger partial charge is 0.346 e. The maximum atomic E-state index is 11.9. The normalized spacial score (nSPS) is 10.1. The van der Waals surface area contributed by atoms with Crippen LogP contribution < -0.4 is 11.0 Å². The van der Waals surface area contributed by atoms with Gasteiger partial charge in [0.05, 0.1) is 10.6 Å². The summed E-state index contributed by atoms with van der Waals surface area (Å²) in [5.74, 6) is -0.204. The number of H-pyrrole nitrogens is 1. The average molecular weight is 284 g/mol. The van der Waals surface area contributed by atoms with Crippen molar-refractivity contribution in [3.05, 3.63) is 56.6 Å². The number of carbonyl (C=O) groups is 1. The molecular weight excluding hydrogens is 277 g/mol. The Morgan fingerprint density at radius 3 is 2.72 bits per heavy atom. The molecule has 0 bridgehead atoms. The number of anilines is 1. The summed E-state index contributed by atoms with van der Waals surface area (Å²) in [5.41, 5.74) is -0.284. The fourth-order valence-corrected chi connectivity index (χ4v) is 1.80. The van der Waals surface area contributed by atoms with E-state index in [1.807, 2.05) is 0 Å². The molecule has 0 atom stereocenters. The van der Waals surface area contributed by atoms with E-state index in [9.17, 15) is 9.59 Å². The first-order valence-corrected chi connectivity index (χ1v) is 5.63. The fourth-order valence-electron chi connectivity index (χ4n) is 1.30. The van der Waals surface area contributed by atoms with E-state index in [-0.39, 0.29) is 16.4 Å². The number of hydrogen-bond acceptors (Lipinski definition) is 3. The molecule has 1 amide bonds. The van der Waals surface area contributed by atoms with Crippen molar-refractivity contribution in [2.24, 2.45) is 0 Å². The summed E-state index contributed by atoms with van der Waals surface area (Å²) in [6, 6.07) is 5.98. The highest BCUT2D eigenvalue weighted by Crippen LogP contribution is 2.21. The van der Waals surface area contributed by atoms with Crippen LogP contribution in [0.15, 0.2) is 35.3 Å². The van der Waals surface area contributed by atoms with Crippen molar-refractivity contribution in [2.75, 3.05) is 5.32 Å². The molecule has 1 aromatic carbocycles. The van der Waals surface area contributed by atoms with Gasteiger partial charge in [0.1, 0.15) is 5.82 Å². The fraction of sp³-hybridized carbons (Fsp3) is 0. The van der Waals surface area contributed by atoms with Gasteiger partial charge >= 0.3 is 5.69 Å². The molecule has 0 radical (unpaired) electrons. The highest BCUT2D eigenvalue weighted by Gasteiger charge is 2.11. The van der Waals surface area contributed by atoms with E-state index in [1.54, 1.807) is 6.07 Å². The SMILES string of the molecule is O=C(Nc1ccnc(=O)[nH]1)c1ccc(Cl)cc1Cl. The highest BCUT2D eigenvalue weighted by molar-refractivity contribution is 6.37. The van der Waals surface area contributed by atoms with E-state index in [0.29, 0.717) is 5.02 Å². The van der Waals surface area contributed by atoms with Gasteiger partial charge in [-0.1, -0.05) is 23.2 Å². The molecule has 7 heteroatoms. The Labute approximate surface area is 112 Å². The number of nitrogens with zero attached hydrogens (tertiary/aromatic N) is 1. The van der Waals surface area contributed by atoms with Crippen molar-refractivity contribution < 1.29 is 4.79 Å². The van der Waals surface area contributed by atoms with Crippen LogP contribution >= 0.6 is 23.2 Å². The van der Waals surface area contributed by atoms with Crippen LogP contribution in [-0.4, -0.2) is 15.9 Å². The maximum absolute atomic E-state index is 11.9. The predicted molar refractivity (Wildman–Crippen MR) is 69.3 cm³/mol. The minimum Gasteiger partial charge on any atom is -0.308 e. The Morgan fingerprint density at radius 2 is 2.06 bits per heavy atom. The third-order valence-corrected chi connectivity index (χ3v) is 2.65. The van der Waals surface area contributed by atoms with E-state index in [0.717, 1.165) is 0 Å². The number of carbonyl (C=O) groups excluding carboxylic acids is 1. The molecule has 0 unspecified atom stereocenters. The van der Waals surface area contributed by atoms with E-state index in [1.165, 1.54) is 24.4 Å². The highest BCUT2D eigenvalue weighted by atomic mass is 35.5. The van der Waals surface area contributed by atoms with Gasteiger partial charge in [-0.25, -0.2) is 9.78 Å². The van der Waals surface area contributed by atoms with Crippen LogP contribution in [0.4, 0.5) is 5.82 Å². The third-order valence-electron chi connectivity index (χ3n) is 2.10. The van der Waals surface area contributed by atoms with Gasteiger partial charge in [-0.15, -0.1) is 0 Å². The smallest absolute Gasteiger partial charge is 0.308 e. The molecule has 0 saturated heterocycles. The zero-order valence-corrected chi connectivity index (χ0v) is 10.4. The van der Waals surface area contributed by atoms with Crippen LogP contribution in [0.2, 0.25) is 10.0 Å². The topological polar surface area (TPSA) is 74.8 Å². The first-order valence-electron chi connectivity index (χ1n) is 4.88. The quantitative estimate of drug-likeness (QED) is 0.888. The van der Waals surface area contributed by atoms with E-state index in [2.05, 4.69) is 15.3 Å².